The van der Waals surface area contributed by atoms with Crippen LogP contribution in [0.3, 0.4) is 0 Å². The van der Waals surface area contributed by atoms with Gasteiger partial charge in [-0.2, -0.15) is 0 Å². The SMILES string of the molecule is COc1cccc(NC(=O)CSc2nnc(C3CC3)n2C)c1. The zero-order chi connectivity index (χ0) is 15.5. The summed E-state index contributed by atoms with van der Waals surface area (Å²) in [5.41, 5.74) is 0.724. The molecule has 0 saturated heterocycles. The fourth-order valence-corrected chi connectivity index (χ4v) is 2.89. The Morgan fingerprint density at radius 2 is 2.27 bits per heavy atom. The Morgan fingerprint density at radius 3 is 3.00 bits per heavy atom. The molecule has 1 fully saturated rings. The molecular formula is C15H18N4O2S. The second-order valence-corrected chi connectivity index (χ2v) is 6.19. The highest BCUT2D eigenvalue weighted by molar-refractivity contribution is 7.99. The molecular weight excluding hydrogens is 300 g/mol. The largest absolute Gasteiger partial charge is 0.497 e. The molecule has 0 atom stereocenters. The normalized spacial score (nSPS) is 13.9. The molecule has 2 aromatic rings. The smallest absolute Gasteiger partial charge is 0.234 e. The lowest BCUT2D eigenvalue weighted by atomic mass is 10.3. The summed E-state index contributed by atoms with van der Waals surface area (Å²) in [5.74, 6) is 2.52. The third-order valence-corrected chi connectivity index (χ3v) is 4.52. The zero-order valence-electron chi connectivity index (χ0n) is 12.6. The van der Waals surface area contributed by atoms with Crippen LogP contribution < -0.4 is 10.1 Å². The van der Waals surface area contributed by atoms with Crippen LogP contribution in [0.5, 0.6) is 5.75 Å². The number of methoxy groups -OCH3 is 1. The fourth-order valence-electron chi connectivity index (χ4n) is 2.18. The van der Waals surface area contributed by atoms with E-state index in [0.29, 0.717) is 17.4 Å². The number of hydrogen-bond acceptors (Lipinski definition) is 5. The van der Waals surface area contributed by atoms with E-state index in [2.05, 4.69) is 15.5 Å². The summed E-state index contributed by atoms with van der Waals surface area (Å²) in [6.45, 7) is 0. The zero-order valence-corrected chi connectivity index (χ0v) is 13.4. The van der Waals surface area contributed by atoms with Crippen molar-refractivity contribution in [3.05, 3.63) is 30.1 Å². The Balaban J connectivity index is 1.55. The number of rotatable bonds is 6. The van der Waals surface area contributed by atoms with Crippen LogP contribution in [0.4, 0.5) is 5.69 Å². The highest BCUT2D eigenvalue weighted by Gasteiger charge is 2.29. The van der Waals surface area contributed by atoms with Gasteiger partial charge in [-0.05, 0) is 25.0 Å². The molecule has 1 aromatic carbocycles. The maximum atomic E-state index is 12.0. The van der Waals surface area contributed by atoms with Crippen LogP contribution in [0.2, 0.25) is 0 Å². The maximum Gasteiger partial charge on any atom is 0.234 e. The van der Waals surface area contributed by atoms with Crippen molar-refractivity contribution in [3.8, 4) is 5.75 Å². The van der Waals surface area contributed by atoms with Crippen LogP contribution in [-0.2, 0) is 11.8 Å². The van der Waals surface area contributed by atoms with E-state index in [1.807, 2.05) is 29.8 Å². The predicted molar refractivity (Wildman–Crippen MR) is 85.3 cm³/mol. The van der Waals surface area contributed by atoms with Gasteiger partial charge in [0.25, 0.3) is 0 Å². The summed E-state index contributed by atoms with van der Waals surface area (Å²) in [7, 11) is 3.55. The molecule has 1 N–H and O–H groups in total. The first kappa shape index (κ1) is 14.9. The number of aromatic nitrogens is 3. The van der Waals surface area contributed by atoms with Crippen molar-refractivity contribution in [1.29, 1.82) is 0 Å². The Labute approximate surface area is 133 Å². The number of hydrogen-bond donors (Lipinski definition) is 1. The predicted octanol–water partition coefficient (Wildman–Crippen LogP) is 2.43. The molecule has 7 heteroatoms. The molecule has 1 aliphatic rings. The molecule has 6 nitrogen and oxygen atoms in total. The molecule has 1 amide bonds. The summed E-state index contributed by atoms with van der Waals surface area (Å²) >= 11 is 1.40. The van der Waals surface area contributed by atoms with Gasteiger partial charge in [0.2, 0.25) is 5.91 Å². The maximum absolute atomic E-state index is 12.0. The summed E-state index contributed by atoms with van der Waals surface area (Å²) in [4.78, 5) is 12.0. The minimum absolute atomic E-state index is 0.0748. The van der Waals surface area contributed by atoms with Crippen molar-refractivity contribution in [3.63, 3.8) is 0 Å². The number of benzene rings is 1. The number of thioether (sulfide) groups is 1. The van der Waals surface area contributed by atoms with E-state index < -0.39 is 0 Å². The molecule has 22 heavy (non-hydrogen) atoms. The van der Waals surface area contributed by atoms with Crippen molar-refractivity contribution in [2.24, 2.45) is 7.05 Å². The number of nitrogens with one attached hydrogen (secondary N) is 1. The topological polar surface area (TPSA) is 69.0 Å². The third kappa shape index (κ3) is 3.41. The van der Waals surface area contributed by atoms with E-state index in [1.54, 1.807) is 13.2 Å². The highest BCUT2D eigenvalue weighted by Crippen LogP contribution is 2.39. The Morgan fingerprint density at radius 1 is 1.45 bits per heavy atom. The van der Waals surface area contributed by atoms with Crippen LogP contribution in [0.15, 0.2) is 29.4 Å². The standard InChI is InChI=1S/C15H18N4O2S/c1-19-14(10-6-7-10)17-18-15(19)22-9-13(20)16-11-4-3-5-12(8-11)21-2/h3-5,8,10H,6-7,9H2,1-2H3,(H,16,20). The number of carbonyl (C=O) groups excluding carboxylic acids is 1. The van der Waals surface area contributed by atoms with Crippen LogP contribution >= 0.6 is 11.8 Å². The monoisotopic (exact) mass is 318 g/mol. The molecule has 1 heterocycles. The third-order valence-electron chi connectivity index (χ3n) is 3.50. The minimum atomic E-state index is -0.0748. The molecule has 3 rings (SSSR count). The number of nitrogens with zero attached hydrogens (tertiary/aromatic N) is 3. The molecule has 1 saturated carbocycles. The van der Waals surface area contributed by atoms with Crippen molar-refractivity contribution in [1.82, 2.24) is 14.8 Å². The Hall–Kier alpha value is -2.02. The molecule has 1 aromatic heterocycles. The van der Waals surface area contributed by atoms with Crippen LogP contribution in [0.1, 0.15) is 24.6 Å². The fraction of sp³-hybridized carbons (Fsp3) is 0.400. The molecule has 0 spiro atoms. The van der Waals surface area contributed by atoms with Gasteiger partial charge in [-0.3, -0.25) is 4.79 Å². The second kappa shape index (κ2) is 6.39. The average Bonchev–Trinajstić information content (AvgIpc) is 3.29. The molecule has 1 aliphatic carbocycles. The van der Waals surface area contributed by atoms with Gasteiger partial charge < -0.3 is 14.6 Å². The molecule has 116 valence electrons. The van der Waals surface area contributed by atoms with Gasteiger partial charge in [-0.1, -0.05) is 17.8 Å². The quantitative estimate of drug-likeness (QED) is 0.829. The first-order chi connectivity index (χ1) is 10.7. The molecule has 0 radical (unpaired) electrons. The van der Waals surface area contributed by atoms with Gasteiger partial charge in [-0.15, -0.1) is 10.2 Å². The number of anilines is 1. The van der Waals surface area contributed by atoms with E-state index in [1.165, 1.54) is 24.6 Å². The second-order valence-electron chi connectivity index (χ2n) is 5.24. The van der Waals surface area contributed by atoms with E-state index in [4.69, 9.17) is 4.74 Å². The average molecular weight is 318 g/mol. The van der Waals surface area contributed by atoms with E-state index in [0.717, 1.165) is 16.7 Å². The van der Waals surface area contributed by atoms with Crippen LogP contribution in [-0.4, -0.2) is 33.5 Å². The Kier molecular flexibility index (Phi) is 4.33. The lowest BCUT2D eigenvalue weighted by Gasteiger charge is -2.07. The number of carbonyl (C=O) groups is 1. The lowest BCUT2D eigenvalue weighted by Crippen LogP contribution is -2.14. The minimum Gasteiger partial charge on any atom is -0.497 e. The van der Waals surface area contributed by atoms with Crippen molar-refractivity contribution in [2.45, 2.75) is 23.9 Å². The van der Waals surface area contributed by atoms with Gasteiger partial charge in [0.05, 0.1) is 12.9 Å². The van der Waals surface area contributed by atoms with Gasteiger partial charge in [-0.25, -0.2) is 0 Å². The summed E-state index contributed by atoms with van der Waals surface area (Å²) in [6, 6.07) is 7.30. The van der Waals surface area contributed by atoms with Crippen molar-refractivity contribution in [2.75, 3.05) is 18.2 Å². The van der Waals surface area contributed by atoms with Crippen molar-refractivity contribution >= 4 is 23.4 Å². The number of ether oxygens (including phenoxy) is 1. The first-order valence-corrected chi connectivity index (χ1v) is 8.12. The van der Waals surface area contributed by atoms with Crippen LogP contribution in [0.25, 0.3) is 0 Å². The summed E-state index contributed by atoms with van der Waals surface area (Å²) < 4.78 is 7.12. The molecule has 0 unspecified atom stereocenters. The molecule has 0 bridgehead atoms. The summed E-state index contributed by atoms with van der Waals surface area (Å²) in [6.07, 6.45) is 2.37. The van der Waals surface area contributed by atoms with Gasteiger partial charge in [0, 0.05) is 24.7 Å². The van der Waals surface area contributed by atoms with E-state index >= 15 is 0 Å². The lowest BCUT2D eigenvalue weighted by molar-refractivity contribution is -0.113. The molecule has 0 aliphatic heterocycles. The Bertz CT molecular complexity index is 682. The van der Waals surface area contributed by atoms with Gasteiger partial charge >= 0.3 is 0 Å². The number of amides is 1. The van der Waals surface area contributed by atoms with Gasteiger partial charge in [0.15, 0.2) is 5.16 Å². The van der Waals surface area contributed by atoms with Crippen LogP contribution in [0, 0.1) is 0 Å². The van der Waals surface area contributed by atoms with E-state index in [9.17, 15) is 4.79 Å². The summed E-state index contributed by atoms with van der Waals surface area (Å²) in [5, 5.41) is 12.0. The first-order valence-electron chi connectivity index (χ1n) is 7.13. The van der Waals surface area contributed by atoms with Gasteiger partial charge in [0.1, 0.15) is 11.6 Å². The van der Waals surface area contributed by atoms with Crippen molar-refractivity contribution < 1.29 is 9.53 Å². The highest BCUT2D eigenvalue weighted by atomic mass is 32.2. The van der Waals surface area contributed by atoms with E-state index in [-0.39, 0.29) is 5.91 Å².